The third-order valence-electron chi connectivity index (χ3n) is 2.10. The molecule has 1 atom stereocenters. The second-order valence-corrected chi connectivity index (χ2v) is 3.55. The van der Waals surface area contributed by atoms with Crippen molar-refractivity contribution in [3.05, 3.63) is 34.9 Å². The molecule has 4 heteroatoms. The van der Waals surface area contributed by atoms with E-state index in [1.807, 2.05) is 0 Å². The van der Waals surface area contributed by atoms with Crippen LogP contribution in [0.2, 0.25) is 5.02 Å². The van der Waals surface area contributed by atoms with Crippen LogP contribution in [-0.2, 0) is 4.79 Å². The summed E-state index contributed by atoms with van der Waals surface area (Å²) in [5.74, 6) is -0.557. The van der Waals surface area contributed by atoms with Crippen LogP contribution in [0.25, 0.3) is 0 Å². The molecule has 0 aliphatic heterocycles. The average molecular weight is 223 g/mol. The lowest BCUT2D eigenvalue weighted by molar-refractivity contribution is -0.120. The normalized spacial score (nSPS) is 11.5. The first-order chi connectivity index (χ1) is 7.17. The van der Waals surface area contributed by atoms with E-state index in [-0.39, 0.29) is 12.3 Å². The lowest BCUT2D eigenvalue weighted by atomic mass is 9.97. The number of hydrogen-bond donors (Lipinski definition) is 1. The summed E-state index contributed by atoms with van der Waals surface area (Å²) in [6, 6.07) is 9.05. The van der Waals surface area contributed by atoms with Crippen molar-refractivity contribution >= 4 is 17.5 Å². The van der Waals surface area contributed by atoms with Gasteiger partial charge in [0.25, 0.3) is 0 Å². The molecule has 0 aliphatic carbocycles. The first-order valence-corrected chi connectivity index (χ1v) is 4.91. The number of halogens is 1. The molecule has 1 aromatic carbocycles. The first-order valence-electron chi connectivity index (χ1n) is 4.53. The Bertz CT molecular complexity index is 381. The molecule has 1 N–H and O–H groups in total. The van der Waals surface area contributed by atoms with Gasteiger partial charge in [0, 0.05) is 18.5 Å². The minimum Gasteiger partial charge on any atom is -0.359 e. The van der Waals surface area contributed by atoms with E-state index in [0.717, 1.165) is 5.56 Å². The van der Waals surface area contributed by atoms with Crippen LogP contribution in [0.4, 0.5) is 0 Å². The van der Waals surface area contributed by atoms with Crippen molar-refractivity contribution in [2.24, 2.45) is 0 Å². The highest BCUT2D eigenvalue weighted by atomic mass is 35.5. The topological polar surface area (TPSA) is 52.9 Å². The fourth-order valence-electron chi connectivity index (χ4n) is 1.22. The maximum atomic E-state index is 11.1. The molecule has 3 nitrogen and oxygen atoms in total. The molecule has 1 aromatic rings. The molecule has 0 fully saturated rings. The van der Waals surface area contributed by atoms with Gasteiger partial charge in [0.15, 0.2) is 0 Å². The van der Waals surface area contributed by atoms with Crippen molar-refractivity contribution < 1.29 is 4.79 Å². The minimum atomic E-state index is -0.415. The van der Waals surface area contributed by atoms with Crippen molar-refractivity contribution in [3.8, 4) is 6.07 Å². The van der Waals surface area contributed by atoms with Gasteiger partial charge in [-0.1, -0.05) is 23.7 Å². The van der Waals surface area contributed by atoms with Crippen LogP contribution in [0.1, 0.15) is 17.9 Å². The van der Waals surface area contributed by atoms with Gasteiger partial charge in [-0.3, -0.25) is 4.79 Å². The zero-order valence-electron chi connectivity index (χ0n) is 8.33. The van der Waals surface area contributed by atoms with Gasteiger partial charge in [0.05, 0.1) is 12.0 Å². The second-order valence-electron chi connectivity index (χ2n) is 3.11. The zero-order chi connectivity index (χ0) is 11.3. The van der Waals surface area contributed by atoms with Gasteiger partial charge >= 0.3 is 0 Å². The van der Waals surface area contributed by atoms with Gasteiger partial charge in [-0.15, -0.1) is 0 Å². The Morgan fingerprint density at radius 2 is 2.13 bits per heavy atom. The summed E-state index contributed by atoms with van der Waals surface area (Å²) in [7, 11) is 1.55. The van der Waals surface area contributed by atoms with Crippen molar-refractivity contribution in [1.82, 2.24) is 5.32 Å². The Balaban J connectivity index is 2.80. The quantitative estimate of drug-likeness (QED) is 0.852. The average Bonchev–Trinajstić information content (AvgIpc) is 2.27. The third-order valence-corrected chi connectivity index (χ3v) is 2.35. The number of carbonyl (C=O) groups excluding carboxylic acids is 1. The number of carbonyl (C=O) groups is 1. The Morgan fingerprint density at radius 1 is 1.53 bits per heavy atom. The van der Waals surface area contributed by atoms with Gasteiger partial charge in [-0.25, -0.2) is 0 Å². The minimum absolute atomic E-state index is 0.142. The predicted molar refractivity (Wildman–Crippen MR) is 58.5 cm³/mol. The molecule has 15 heavy (non-hydrogen) atoms. The molecule has 78 valence electrons. The second kappa shape index (κ2) is 5.38. The van der Waals surface area contributed by atoms with E-state index in [9.17, 15) is 4.79 Å². The van der Waals surface area contributed by atoms with Crippen molar-refractivity contribution in [2.45, 2.75) is 12.3 Å². The van der Waals surface area contributed by atoms with Crippen LogP contribution in [-0.4, -0.2) is 13.0 Å². The standard InChI is InChI=1S/C11H11ClN2O/c1-14-11(15)6-9(7-13)8-2-4-10(12)5-3-8/h2-5,9H,6H2,1H3,(H,14,15). The molecule has 0 aliphatic rings. The van der Waals surface area contributed by atoms with Crippen molar-refractivity contribution in [2.75, 3.05) is 7.05 Å². The Morgan fingerprint density at radius 3 is 2.60 bits per heavy atom. The maximum absolute atomic E-state index is 11.1. The summed E-state index contributed by atoms with van der Waals surface area (Å²) in [4.78, 5) is 11.1. The van der Waals surface area contributed by atoms with Crippen molar-refractivity contribution in [1.29, 1.82) is 5.26 Å². The monoisotopic (exact) mass is 222 g/mol. The molecular formula is C11H11ClN2O. The predicted octanol–water partition coefficient (Wildman–Crippen LogP) is 2.08. The van der Waals surface area contributed by atoms with E-state index in [2.05, 4.69) is 11.4 Å². The molecule has 0 saturated heterocycles. The van der Waals surface area contributed by atoms with Gasteiger partial charge in [-0.05, 0) is 17.7 Å². The van der Waals surface area contributed by atoms with E-state index in [0.29, 0.717) is 5.02 Å². The van der Waals surface area contributed by atoms with Gasteiger partial charge in [0.2, 0.25) is 5.91 Å². The van der Waals surface area contributed by atoms with Gasteiger partial charge in [-0.2, -0.15) is 5.26 Å². The van der Waals surface area contributed by atoms with E-state index < -0.39 is 5.92 Å². The zero-order valence-corrected chi connectivity index (χ0v) is 9.08. The largest absolute Gasteiger partial charge is 0.359 e. The Labute approximate surface area is 93.7 Å². The highest BCUT2D eigenvalue weighted by Crippen LogP contribution is 2.20. The maximum Gasteiger partial charge on any atom is 0.221 e. The van der Waals surface area contributed by atoms with Crippen molar-refractivity contribution in [3.63, 3.8) is 0 Å². The molecule has 0 radical (unpaired) electrons. The number of rotatable bonds is 3. The SMILES string of the molecule is CNC(=O)CC(C#N)c1ccc(Cl)cc1. The van der Waals surface area contributed by atoms with Crippen LogP contribution in [0, 0.1) is 11.3 Å². The molecular weight excluding hydrogens is 212 g/mol. The fourth-order valence-corrected chi connectivity index (χ4v) is 1.35. The highest BCUT2D eigenvalue weighted by Gasteiger charge is 2.14. The Kier molecular flexibility index (Phi) is 4.14. The van der Waals surface area contributed by atoms with E-state index >= 15 is 0 Å². The summed E-state index contributed by atoms with van der Waals surface area (Å²) in [6.07, 6.45) is 0.175. The molecule has 0 bridgehead atoms. The lowest BCUT2D eigenvalue weighted by Crippen LogP contribution is -2.19. The van der Waals surface area contributed by atoms with Crippen LogP contribution < -0.4 is 5.32 Å². The molecule has 0 aromatic heterocycles. The van der Waals surface area contributed by atoms with Crippen LogP contribution in [0.5, 0.6) is 0 Å². The Hall–Kier alpha value is -1.53. The number of benzene rings is 1. The first kappa shape index (κ1) is 11.5. The molecule has 0 saturated carbocycles. The van der Waals surface area contributed by atoms with Crippen LogP contribution in [0.15, 0.2) is 24.3 Å². The molecule has 1 unspecified atom stereocenters. The highest BCUT2D eigenvalue weighted by molar-refractivity contribution is 6.30. The third kappa shape index (κ3) is 3.26. The smallest absolute Gasteiger partial charge is 0.221 e. The summed E-state index contributed by atoms with van der Waals surface area (Å²) in [6.45, 7) is 0. The fraction of sp³-hybridized carbons (Fsp3) is 0.273. The summed E-state index contributed by atoms with van der Waals surface area (Å²) in [5.41, 5.74) is 0.811. The molecule has 1 amide bonds. The lowest BCUT2D eigenvalue weighted by Gasteiger charge is -2.08. The molecule has 1 rings (SSSR count). The molecule has 0 heterocycles. The van der Waals surface area contributed by atoms with E-state index in [1.54, 1.807) is 31.3 Å². The van der Waals surface area contributed by atoms with Crippen LogP contribution in [0.3, 0.4) is 0 Å². The summed E-state index contributed by atoms with van der Waals surface area (Å²) in [5, 5.41) is 12.0. The van der Waals surface area contributed by atoms with Crippen LogP contribution >= 0.6 is 11.6 Å². The number of hydrogen-bond acceptors (Lipinski definition) is 2. The number of nitrogens with zero attached hydrogens (tertiary/aromatic N) is 1. The number of nitrogens with one attached hydrogen (secondary N) is 1. The van der Waals surface area contributed by atoms with Gasteiger partial charge < -0.3 is 5.32 Å². The number of nitriles is 1. The molecule has 0 spiro atoms. The van der Waals surface area contributed by atoms with Gasteiger partial charge in [0.1, 0.15) is 0 Å². The number of amides is 1. The van der Waals surface area contributed by atoms with E-state index in [1.165, 1.54) is 0 Å². The summed E-state index contributed by atoms with van der Waals surface area (Å²) >= 11 is 5.73. The van der Waals surface area contributed by atoms with E-state index in [4.69, 9.17) is 16.9 Å². The summed E-state index contributed by atoms with van der Waals surface area (Å²) < 4.78 is 0.